The average Bonchev–Trinajstić information content (AvgIpc) is 2.92. The lowest BCUT2D eigenvalue weighted by Gasteiger charge is -2.01. The van der Waals surface area contributed by atoms with Crippen LogP contribution in [-0.4, -0.2) is 27.8 Å². The van der Waals surface area contributed by atoms with Crippen molar-refractivity contribution in [1.82, 2.24) is 15.1 Å². The van der Waals surface area contributed by atoms with Gasteiger partial charge in [0.1, 0.15) is 0 Å². The van der Waals surface area contributed by atoms with Gasteiger partial charge in [-0.2, -0.15) is 5.10 Å². The summed E-state index contributed by atoms with van der Waals surface area (Å²) in [5.74, 6) is 0. The van der Waals surface area contributed by atoms with Crippen LogP contribution in [0.25, 0.3) is 5.69 Å². The second-order valence-electron chi connectivity index (χ2n) is 4.53. The number of hydrogen-bond acceptors (Lipinski definition) is 4. The largest absolute Gasteiger partial charge is 0.317 e. The van der Waals surface area contributed by atoms with E-state index in [0.717, 1.165) is 31.5 Å². The first-order valence-corrected chi connectivity index (χ1v) is 6.70. The Hall–Kier alpha value is -2.21. The first-order valence-electron chi connectivity index (χ1n) is 6.70. The Balaban J connectivity index is 2.04. The topological polar surface area (TPSA) is 73.0 Å². The van der Waals surface area contributed by atoms with Gasteiger partial charge in [0.15, 0.2) is 0 Å². The molecule has 1 heterocycles. The molecule has 1 aromatic heterocycles. The van der Waals surface area contributed by atoms with Crippen molar-refractivity contribution in [2.45, 2.75) is 19.8 Å². The fourth-order valence-corrected chi connectivity index (χ4v) is 1.97. The number of non-ortho nitro benzene ring substituents is 1. The van der Waals surface area contributed by atoms with Crippen LogP contribution >= 0.6 is 0 Å². The Morgan fingerprint density at radius 3 is 3.05 bits per heavy atom. The van der Waals surface area contributed by atoms with Crippen LogP contribution in [0.4, 0.5) is 5.69 Å². The van der Waals surface area contributed by atoms with E-state index in [1.54, 1.807) is 10.7 Å². The van der Waals surface area contributed by atoms with E-state index >= 15 is 0 Å². The van der Waals surface area contributed by atoms with E-state index in [1.165, 1.54) is 12.1 Å². The molecule has 0 unspecified atom stereocenters. The zero-order valence-corrected chi connectivity index (χ0v) is 11.5. The predicted octanol–water partition coefficient (Wildman–Crippen LogP) is 2.32. The summed E-state index contributed by atoms with van der Waals surface area (Å²) >= 11 is 0. The third-order valence-electron chi connectivity index (χ3n) is 3.01. The quantitative estimate of drug-likeness (QED) is 0.478. The number of nitro groups is 1. The Bertz CT molecular complexity index is 580. The van der Waals surface area contributed by atoms with Crippen LogP contribution in [0.15, 0.2) is 36.7 Å². The highest BCUT2D eigenvalue weighted by molar-refractivity contribution is 5.42. The van der Waals surface area contributed by atoms with E-state index in [-0.39, 0.29) is 5.69 Å². The second-order valence-corrected chi connectivity index (χ2v) is 4.53. The monoisotopic (exact) mass is 274 g/mol. The van der Waals surface area contributed by atoms with Crippen molar-refractivity contribution in [3.8, 4) is 5.69 Å². The molecule has 6 nitrogen and oxygen atoms in total. The van der Waals surface area contributed by atoms with Gasteiger partial charge in [0.25, 0.3) is 5.69 Å². The van der Waals surface area contributed by atoms with E-state index < -0.39 is 4.92 Å². The summed E-state index contributed by atoms with van der Waals surface area (Å²) in [4.78, 5) is 10.4. The molecule has 0 saturated carbocycles. The van der Waals surface area contributed by atoms with Gasteiger partial charge in [-0.15, -0.1) is 0 Å². The summed E-state index contributed by atoms with van der Waals surface area (Å²) < 4.78 is 1.68. The summed E-state index contributed by atoms with van der Waals surface area (Å²) in [5.41, 5.74) is 1.92. The molecule has 0 bridgehead atoms. The van der Waals surface area contributed by atoms with Gasteiger partial charge in [-0.3, -0.25) is 10.1 Å². The maximum Gasteiger partial charge on any atom is 0.271 e. The number of aromatic nitrogens is 2. The van der Waals surface area contributed by atoms with Crippen molar-refractivity contribution in [2.75, 3.05) is 13.1 Å². The Labute approximate surface area is 117 Å². The number of nitrogens with zero attached hydrogens (tertiary/aromatic N) is 3. The van der Waals surface area contributed by atoms with Crippen molar-refractivity contribution in [1.29, 1.82) is 0 Å². The van der Waals surface area contributed by atoms with E-state index in [9.17, 15) is 10.1 Å². The van der Waals surface area contributed by atoms with Crippen molar-refractivity contribution in [3.05, 3.63) is 52.3 Å². The van der Waals surface area contributed by atoms with Crippen LogP contribution in [0, 0.1) is 10.1 Å². The molecular formula is C14H18N4O2. The van der Waals surface area contributed by atoms with Crippen LogP contribution in [-0.2, 0) is 6.42 Å². The minimum atomic E-state index is -0.398. The maximum atomic E-state index is 10.8. The summed E-state index contributed by atoms with van der Waals surface area (Å²) in [6.07, 6.45) is 5.73. The molecule has 0 radical (unpaired) electrons. The fraction of sp³-hybridized carbons (Fsp3) is 0.357. The number of nitrogens with one attached hydrogen (secondary N) is 1. The molecular weight excluding hydrogens is 256 g/mol. The SMILES string of the molecule is CCNCCCc1cnn(-c2cccc([N+](=O)[O-])c2)c1. The molecule has 0 aliphatic heterocycles. The molecule has 0 atom stereocenters. The van der Waals surface area contributed by atoms with Gasteiger partial charge in [0.2, 0.25) is 0 Å². The Morgan fingerprint density at radius 1 is 1.45 bits per heavy atom. The van der Waals surface area contributed by atoms with Crippen molar-refractivity contribution < 1.29 is 4.92 Å². The lowest BCUT2D eigenvalue weighted by molar-refractivity contribution is -0.384. The van der Waals surface area contributed by atoms with Crippen molar-refractivity contribution in [2.24, 2.45) is 0 Å². The minimum absolute atomic E-state index is 0.0756. The molecule has 2 aromatic rings. The molecule has 0 aliphatic rings. The summed E-state index contributed by atoms with van der Waals surface area (Å²) in [7, 11) is 0. The van der Waals surface area contributed by atoms with Gasteiger partial charge in [-0.25, -0.2) is 4.68 Å². The third-order valence-corrected chi connectivity index (χ3v) is 3.01. The highest BCUT2D eigenvalue weighted by atomic mass is 16.6. The van der Waals surface area contributed by atoms with Crippen LogP contribution in [0.2, 0.25) is 0 Å². The van der Waals surface area contributed by atoms with E-state index in [0.29, 0.717) is 5.69 Å². The molecule has 0 spiro atoms. The number of rotatable bonds is 7. The maximum absolute atomic E-state index is 10.8. The fourth-order valence-electron chi connectivity index (χ4n) is 1.97. The van der Waals surface area contributed by atoms with E-state index in [2.05, 4.69) is 17.3 Å². The van der Waals surface area contributed by atoms with Gasteiger partial charge in [-0.05, 0) is 37.6 Å². The standard InChI is InChI=1S/C14H18N4O2/c1-2-15-8-4-5-12-10-16-17(11-12)13-6-3-7-14(9-13)18(19)20/h3,6-7,9-11,15H,2,4-5,8H2,1H3. The van der Waals surface area contributed by atoms with Crippen LogP contribution in [0.5, 0.6) is 0 Å². The lowest BCUT2D eigenvalue weighted by Crippen LogP contribution is -2.14. The number of hydrogen-bond donors (Lipinski definition) is 1. The molecule has 20 heavy (non-hydrogen) atoms. The van der Waals surface area contributed by atoms with Crippen molar-refractivity contribution >= 4 is 5.69 Å². The molecule has 0 amide bonds. The van der Waals surface area contributed by atoms with Crippen LogP contribution in [0.1, 0.15) is 18.9 Å². The molecule has 106 valence electrons. The Kier molecular flexibility index (Phi) is 4.84. The number of nitro benzene ring substituents is 1. The van der Waals surface area contributed by atoms with E-state index in [4.69, 9.17) is 0 Å². The molecule has 2 rings (SSSR count). The zero-order chi connectivity index (χ0) is 14.4. The summed E-state index contributed by atoms with van der Waals surface area (Å²) in [6.45, 7) is 4.05. The first-order chi connectivity index (χ1) is 9.70. The molecule has 0 saturated heterocycles. The average molecular weight is 274 g/mol. The molecule has 1 aromatic carbocycles. The van der Waals surface area contributed by atoms with Gasteiger partial charge in [-0.1, -0.05) is 13.0 Å². The first kappa shape index (κ1) is 14.2. The third kappa shape index (κ3) is 3.64. The molecule has 1 N–H and O–H groups in total. The lowest BCUT2D eigenvalue weighted by atomic mass is 10.2. The summed E-state index contributed by atoms with van der Waals surface area (Å²) in [5, 5.41) is 18.3. The second kappa shape index (κ2) is 6.81. The van der Waals surface area contributed by atoms with Crippen LogP contribution < -0.4 is 5.32 Å². The highest BCUT2D eigenvalue weighted by Gasteiger charge is 2.07. The normalized spacial score (nSPS) is 10.7. The number of aryl methyl sites for hydroxylation is 1. The van der Waals surface area contributed by atoms with Gasteiger partial charge >= 0.3 is 0 Å². The molecule has 6 heteroatoms. The smallest absolute Gasteiger partial charge is 0.271 e. The minimum Gasteiger partial charge on any atom is -0.317 e. The van der Waals surface area contributed by atoms with Gasteiger partial charge in [0.05, 0.1) is 16.8 Å². The highest BCUT2D eigenvalue weighted by Crippen LogP contribution is 2.16. The number of benzene rings is 1. The van der Waals surface area contributed by atoms with Gasteiger partial charge < -0.3 is 5.32 Å². The Morgan fingerprint density at radius 2 is 2.30 bits per heavy atom. The predicted molar refractivity (Wildman–Crippen MR) is 77.1 cm³/mol. The summed E-state index contributed by atoms with van der Waals surface area (Å²) in [6, 6.07) is 6.47. The van der Waals surface area contributed by atoms with Crippen LogP contribution in [0.3, 0.4) is 0 Å². The van der Waals surface area contributed by atoms with Crippen molar-refractivity contribution in [3.63, 3.8) is 0 Å². The van der Waals surface area contributed by atoms with E-state index in [1.807, 2.05) is 18.5 Å². The van der Waals surface area contributed by atoms with Gasteiger partial charge in [0, 0.05) is 18.3 Å². The molecule has 0 aliphatic carbocycles. The zero-order valence-electron chi connectivity index (χ0n) is 11.5. The molecule has 0 fully saturated rings.